The maximum absolute atomic E-state index is 12.1. The summed E-state index contributed by atoms with van der Waals surface area (Å²) < 4.78 is 24.3. The number of aromatic nitrogens is 1. The molecule has 1 unspecified atom stereocenters. The predicted molar refractivity (Wildman–Crippen MR) is 77.5 cm³/mol. The molecule has 1 aromatic carbocycles. The Morgan fingerprint density at radius 1 is 1.26 bits per heavy atom. The first kappa shape index (κ1) is 14.0. The smallest absolute Gasteiger partial charge is 0.154 e. The number of hydrogen-bond donors (Lipinski definition) is 1. The minimum absolute atomic E-state index is 0.0156. The topological polar surface area (TPSA) is 73.1 Å². The summed E-state index contributed by atoms with van der Waals surface area (Å²) in [6.07, 6.45) is 1.65. The maximum Gasteiger partial charge on any atom is 0.154 e. The van der Waals surface area contributed by atoms with Crippen molar-refractivity contribution >= 4 is 20.7 Å². The van der Waals surface area contributed by atoms with Crippen LogP contribution >= 0.6 is 0 Å². The van der Waals surface area contributed by atoms with E-state index in [1.165, 1.54) is 0 Å². The van der Waals surface area contributed by atoms with Crippen molar-refractivity contribution in [3.05, 3.63) is 42.1 Å². The number of benzene rings is 1. The van der Waals surface area contributed by atoms with Gasteiger partial charge in [0.15, 0.2) is 9.84 Å². The van der Waals surface area contributed by atoms with E-state index in [0.29, 0.717) is 6.54 Å². The highest BCUT2D eigenvalue weighted by Crippen LogP contribution is 2.19. The molecule has 0 aliphatic rings. The standard InChI is InChI=1S/C14H18N2O2S/c1-11(8-15)9-19(17,18)10-12-6-7-16-14-5-3-2-4-13(12)14/h2-7,11H,8-10,15H2,1H3. The van der Waals surface area contributed by atoms with Gasteiger partial charge in [-0.05, 0) is 30.2 Å². The van der Waals surface area contributed by atoms with Crippen LogP contribution in [-0.4, -0.2) is 25.7 Å². The first-order valence-corrected chi connectivity index (χ1v) is 8.07. The molecule has 0 aliphatic heterocycles. The fourth-order valence-electron chi connectivity index (χ4n) is 2.08. The van der Waals surface area contributed by atoms with E-state index in [-0.39, 0.29) is 17.4 Å². The molecule has 2 aromatic rings. The average Bonchev–Trinajstić information content (AvgIpc) is 2.38. The highest BCUT2D eigenvalue weighted by atomic mass is 32.2. The molecule has 0 radical (unpaired) electrons. The molecule has 1 heterocycles. The Hall–Kier alpha value is -1.46. The fourth-order valence-corrected chi connectivity index (χ4v) is 3.92. The summed E-state index contributed by atoms with van der Waals surface area (Å²) in [4.78, 5) is 4.23. The van der Waals surface area contributed by atoms with Crippen LogP contribution in [-0.2, 0) is 15.6 Å². The van der Waals surface area contributed by atoms with E-state index >= 15 is 0 Å². The van der Waals surface area contributed by atoms with Crippen LogP contribution in [0.5, 0.6) is 0 Å². The molecular formula is C14H18N2O2S. The molecule has 0 spiro atoms. The lowest BCUT2D eigenvalue weighted by atomic mass is 10.1. The molecule has 0 saturated carbocycles. The van der Waals surface area contributed by atoms with Crippen molar-refractivity contribution < 1.29 is 8.42 Å². The first-order chi connectivity index (χ1) is 9.02. The lowest BCUT2D eigenvalue weighted by molar-refractivity contribution is 0.573. The molecule has 0 saturated heterocycles. The first-order valence-electron chi connectivity index (χ1n) is 6.25. The number of hydrogen-bond acceptors (Lipinski definition) is 4. The van der Waals surface area contributed by atoms with Gasteiger partial charge in [0.2, 0.25) is 0 Å². The molecule has 2 rings (SSSR count). The second-order valence-electron chi connectivity index (χ2n) is 4.88. The van der Waals surface area contributed by atoms with Gasteiger partial charge in [-0.3, -0.25) is 4.98 Å². The lowest BCUT2D eigenvalue weighted by Crippen LogP contribution is -2.22. The summed E-state index contributed by atoms with van der Waals surface area (Å²) in [6, 6.07) is 9.34. The summed E-state index contributed by atoms with van der Waals surface area (Å²) in [5.74, 6) is 0.152. The van der Waals surface area contributed by atoms with Gasteiger partial charge in [-0.2, -0.15) is 0 Å². The fraction of sp³-hybridized carbons (Fsp3) is 0.357. The predicted octanol–water partition coefficient (Wildman–Crippen LogP) is 1.74. The van der Waals surface area contributed by atoms with E-state index in [9.17, 15) is 8.42 Å². The largest absolute Gasteiger partial charge is 0.330 e. The normalized spacial score (nSPS) is 13.6. The second-order valence-corrected chi connectivity index (χ2v) is 6.99. The number of sulfone groups is 1. The molecule has 19 heavy (non-hydrogen) atoms. The van der Waals surface area contributed by atoms with Gasteiger partial charge in [0.25, 0.3) is 0 Å². The van der Waals surface area contributed by atoms with Crippen LogP contribution in [0.3, 0.4) is 0 Å². The molecule has 1 aromatic heterocycles. The van der Waals surface area contributed by atoms with Crippen LogP contribution < -0.4 is 5.73 Å². The summed E-state index contributed by atoms with van der Waals surface area (Å²) in [5.41, 5.74) is 7.11. The minimum atomic E-state index is -3.15. The van der Waals surface area contributed by atoms with Gasteiger partial charge in [-0.1, -0.05) is 25.1 Å². The number of fused-ring (bicyclic) bond motifs is 1. The molecule has 0 bridgehead atoms. The van der Waals surface area contributed by atoms with Gasteiger partial charge in [0, 0.05) is 11.6 Å². The SMILES string of the molecule is CC(CN)CS(=O)(=O)Cc1ccnc2ccccc12. The van der Waals surface area contributed by atoms with Crippen LogP contribution in [0.4, 0.5) is 0 Å². The van der Waals surface area contributed by atoms with E-state index in [1.807, 2.05) is 31.2 Å². The van der Waals surface area contributed by atoms with Gasteiger partial charge in [-0.15, -0.1) is 0 Å². The zero-order chi connectivity index (χ0) is 13.9. The second kappa shape index (κ2) is 5.67. The van der Waals surface area contributed by atoms with Crippen LogP contribution in [0, 0.1) is 5.92 Å². The van der Waals surface area contributed by atoms with Crippen molar-refractivity contribution in [3.8, 4) is 0 Å². The molecular weight excluding hydrogens is 260 g/mol. The Balaban J connectivity index is 2.31. The van der Waals surface area contributed by atoms with E-state index < -0.39 is 9.84 Å². The van der Waals surface area contributed by atoms with Crippen molar-refractivity contribution in [2.75, 3.05) is 12.3 Å². The molecule has 0 amide bonds. The lowest BCUT2D eigenvalue weighted by Gasteiger charge is -2.10. The van der Waals surface area contributed by atoms with Gasteiger partial charge in [0.05, 0.1) is 17.0 Å². The zero-order valence-electron chi connectivity index (χ0n) is 10.9. The van der Waals surface area contributed by atoms with E-state index in [1.54, 1.807) is 12.3 Å². The van der Waals surface area contributed by atoms with Crippen LogP contribution in [0.2, 0.25) is 0 Å². The van der Waals surface area contributed by atoms with Gasteiger partial charge in [0.1, 0.15) is 0 Å². The Morgan fingerprint density at radius 2 is 2.00 bits per heavy atom. The Labute approximate surface area is 113 Å². The highest BCUT2D eigenvalue weighted by Gasteiger charge is 2.17. The number of nitrogens with two attached hydrogens (primary N) is 1. The van der Waals surface area contributed by atoms with Crippen LogP contribution in [0.15, 0.2) is 36.5 Å². The molecule has 4 nitrogen and oxygen atoms in total. The van der Waals surface area contributed by atoms with Gasteiger partial charge >= 0.3 is 0 Å². The molecule has 2 N–H and O–H groups in total. The van der Waals surface area contributed by atoms with Gasteiger partial charge < -0.3 is 5.73 Å². The Kier molecular flexibility index (Phi) is 4.17. The van der Waals surface area contributed by atoms with Crippen molar-refractivity contribution in [1.29, 1.82) is 0 Å². The number of nitrogens with zero attached hydrogens (tertiary/aromatic N) is 1. The van der Waals surface area contributed by atoms with E-state index in [4.69, 9.17) is 5.73 Å². The van der Waals surface area contributed by atoms with Crippen molar-refractivity contribution in [2.45, 2.75) is 12.7 Å². The van der Waals surface area contributed by atoms with E-state index in [0.717, 1.165) is 16.5 Å². The van der Waals surface area contributed by atoms with Crippen LogP contribution in [0.25, 0.3) is 10.9 Å². The van der Waals surface area contributed by atoms with Crippen molar-refractivity contribution in [1.82, 2.24) is 4.98 Å². The minimum Gasteiger partial charge on any atom is -0.330 e. The maximum atomic E-state index is 12.1. The third-order valence-electron chi connectivity index (χ3n) is 3.06. The number of rotatable bonds is 5. The quantitative estimate of drug-likeness (QED) is 0.904. The zero-order valence-corrected chi connectivity index (χ0v) is 11.7. The highest BCUT2D eigenvalue weighted by molar-refractivity contribution is 7.90. The molecule has 0 aliphatic carbocycles. The third kappa shape index (κ3) is 3.52. The third-order valence-corrected chi connectivity index (χ3v) is 4.88. The summed E-state index contributed by atoms with van der Waals surface area (Å²) >= 11 is 0. The summed E-state index contributed by atoms with van der Waals surface area (Å²) in [5, 5.41) is 0.897. The molecule has 102 valence electrons. The van der Waals surface area contributed by atoms with Crippen LogP contribution in [0.1, 0.15) is 12.5 Å². The van der Waals surface area contributed by atoms with E-state index in [2.05, 4.69) is 4.98 Å². The molecule has 1 atom stereocenters. The Bertz CT molecular complexity index is 663. The van der Waals surface area contributed by atoms with Crippen molar-refractivity contribution in [3.63, 3.8) is 0 Å². The molecule has 5 heteroatoms. The summed E-state index contributed by atoms with van der Waals surface area (Å²) in [7, 11) is -3.15. The van der Waals surface area contributed by atoms with Crippen molar-refractivity contribution in [2.24, 2.45) is 11.7 Å². The monoisotopic (exact) mass is 278 g/mol. The molecule has 0 fully saturated rings. The average molecular weight is 278 g/mol. The van der Waals surface area contributed by atoms with Gasteiger partial charge in [-0.25, -0.2) is 8.42 Å². The number of pyridine rings is 1. The summed E-state index contributed by atoms with van der Waals surface area (Å²) in [6.45, 7) is 2.23. The Morgan fingerprint density at radius 3 is 2.74 bits per heavy atom. The number of para-hydroxylation sites is 1.